The molecule has 0 amide bonds. The molecular formula is C14H29NO. The Morgan fingerprint density at radius 3 is 2.69 bits per heavy atom. The molecule has 1 heterocycles. The van der Waals surface area contributed by atoms with Crippen LogP contribution in [0, 0.1) is 5.41 Å². The fourth-order valence-electron chi connectivity index (χ4n) is 2.95. The maximum atomic E-state index is 5.32. The first-order chi connectivity index (χ1) is 7.65. The Hall–Kier alpha value is -0.0800. The summed E-state index contributed by atoms with van der Waals surface area (Å²) in [6.07, 6.45) is 6.60. The molecule has 2 atom stereocenters. The summed E-state index contributed by atoms with van der Waals surface area (Å²) < 4.78 is 5.32. The minimum Gasteiger partial charge on any atom is -0.383 e. The molecule has 0 aromatic rings. The van der Waals surface area contributed by atoms with Crippen molar-refractivity contribution in [2.45, 2.75) is 58.9 Å². The Labute approximate surface area is 101 Å². The van der Waals surface area contributed by atoms with Crippen molar-refractivity contribution in [2.75, 3.05) is 26.8 Å². The quantitative estimate of drug-likeness (QED) is 0.661. The van der Waals surface area contributed by atoms with Crippen LogP contribution in [0.5, 0.6) is 0 Å². The van der Waals surface area contributed by atoms with Gasteiger partial charge in [-0.2, -0.15) is 0 Å². The van der Waals surface area contributed by atoms with Crippen LogP contribution >= 0.6 is 0 Å². The van der Waals surface area contributed by atoms with Crippen molar-refractivity contribution < 1.29 is 4.74 Å². The molecule has 1 fully saturated rings. The highest BCUT2D eigenvalue weighted by Gasteiger charge is 2.31. The number of rotatable bonds is 7. The van der Waals surface area contributed by atoms with Crippen molar-refractivity contribution in [1.29, 1.82) is 0 Å². The predicted octanol–water partition coefficient (Wildman–Crippen LogP) is 3.31. The molecule has 1 rings (SSSR count). The van der Waals surface area contributed by atoms with Crippen LogP contribution in [-0.4, -0.2) is 37.7 Å². The van der Waals surface area contributed by atoms with Crippen LogP contribution in [0.3, 0.4) is 0 Å². The fourth-order valence-corrected chi connectivity index (χ4v) is 2.95. The lowest BCUT2D eigenvalue weighted by atomic mass is 9.82. The second-order valence-electron chi connectivity index (χ2n) is 5.64. The van der Waals surface area contributed by atoms with Gasteiger partial charge in [-0.3, -0.25) is 4.90 Å². The van der Waals surface area contributed by atoms with Gasteiger partial charge in [-0.15, -0.1) is 0 Å². The van der Waals surface area contributed by atoms with Gasteiger partial charge in [-0.05, 0) is 37.6 Å². The van der Waals surface area contributed by atoms with E-state index < -0.39 is 0 Å². The molecule has 0 aliphatic carbocycles. The van der Waals surface area contributed by atoms with E-state index in [0.717, 1.165) is 6.61 Å². The molecule has 0 spiro atoms. The van der Waals surface area contributed by atoms with Gasteiger partial charge < -0.3 is 4.74 Å². The molecule has 2 nitrogen and oxygen atoms in total. The molecule has 1 saturated heterocycles. The van der Waals surface area contributed by atoms with Crippen LogP contribution < -0.4 is 0 Å². The van der Waals surface area contributed by atoms with Gasteiger partial charge in [-0.1, -0.05) is 27.2 Å². The number of hydrogen-bond acceptors (Lipinski definition) is 2. The van der Waals surface area contributed by atoms with Crippen molar-refractivity contribution >= 4 is 0 Å². The summed E-state index contributed by atoms with van der Waals surface area (Å²) in [5.74, 6) is 0. The summed E-state index contributed by atoms with van der Waals surface area (Å²) >= 11 is 0. The minimum atomic E-state index is 0.505. The smallest absolute Gasteiger partial charge is 0.0618 e. The molecule has 0 saturated carbocycles. The van der Waals surface area contributed by atoms with E-state index in [1.165, 1.54) is 45.2 Å². The van der Waals surface area contributed by atoms with Crippen molar-refractivity contribution in [3.05, 3.63) is 0 Å². The lowest BCUT2D eigenvalue weighted by molar-refractivity contribution is 0.0801. The summed E-state index contributed by atoms with van der Waals surface area (Å²) in [5.41, 5.74) is 0.505. The summed E-state index contributed by atoms with van der Waals surface area (Å²) in [4.78, 5) is 2.66. The van der Waals surface area contributed by atoms with Crippen LogP contribution in [0.4, 0.5) is 0 Å². The lowest BCUT2D eigenvalue weighted by Gasteiger charge is -2.35. The highest BCUT2D eigenvalue weighted by Crippen LogP contribution is 2.31. The summed E-state index contributed by atoms with van der Waals surface area (Å²) in [6.45, 7) is 10.5. The normalized spacial score (nSPS) is 25.9. The first-order valence-electron chi connectivity index (χ1n) is 6.88. The maximum absolute atomic E-state index is 5.32. The average molecular weight is 227 g/mol. The van der Waals surface area contributed by atoms with E-state index in [-0.39, 0.29) is 0 Å². The number of likely N-dealkylation sites (tertiary alicyclic amines) is 1. The molecule has 0 aromatic heterocycles. The van der Waals surface area contributed by atoms with Gasteiger partial charge in [0.1, 0.15) is 0 Å². The largest absolute Gasteiger partial charge is 0.383 e. The Bertz CT molecular complexity index is 195. The third-order valence-corrected chi connectivity index (χ3v) is 4.15. The van der Waals surface area contributed by atoms with Crippen LogP contribution in [0.15, 0.2) is 0 Å². The van der Waals surface area contributed by atoms with Crippen molar-refractivity contribution in [3.8, 4) is 0 Å². The molecular weight excluding hydrogens is 198 g/mol. The molecule has 1 unspecified atom stereocenters. The molecule has 96 valence electrons. The third-order valence-electron chi connectivity index (χ3n) is 4.15. The van der Waals surface area contributed by atoms with Crippen molar-refractivity contribution in [2.24, 2.45) is 5.41 Å². The number of nitrogens with zero attached hydrogens (tertiary/aromatic N) is 1. The highest BCUT2D eigenvalue weighted by molar-refractivity contribution is 4.85. The van der Waals surface area contributed by atoms with Gasteiger partial charge in [0.05, 0.1) is 6.61 Å². The van der Waals surface area contributed by atoms with Crippen LogP contribution in [0.2, 0.25) is 0 Å². The van der Waals surface area contributed by atoms with Crippen LogP contribution in [0.25, 0.3) is 0 Å². The first kappa shape index (κ1) is 14.0. The van der Waals surface area contributed by atoms with Gasteiger partial charge in [-0.25, -0.2) is 0 Å². The number of hydrogen-bond donors (Lipinski definition) is 0. The predicted molar refractivity (Wildman–Crippen MR) is 69.8 cm³/mol. The Kier molecular flexibility index (Phi) is 5.77. The second kappa shape index (κ2) is 6.61. The zero-order valence-corrected chi connectivity index (χ0v) is 11.6. The molecule has 2 heteroatoms. The topological polar surface area (TPSA) is 12.5 Å². The molecule has 16 heavy (non-hydrogen) atoms. The van der Waals surface area contributed by atoms with Gasteiger partial charge >= 0.3 is 0 Å². The van der Waals surface area contributed by atoms with E-state index >= 15 is 0 Å². The summed E-state index contributed by atoms with van der Waals surface area (Å²) in [6, 6.07) is 0.674. The molecule has 1 aliphatic rings. The summed E-state index contributed by atoms with van der Waals surface area (Å²) in [7, 11) is 1.82. The van der Waals surface area contributed by atoms with Gasteiger partial charge in [0.15, 0.2) is 0 Å². The maximum Gasteiger partial charge on any atom is 0.0618 e. The molecule has 0 bridgehead atoms. The van der Waals surface area contributed by atoms with Gasteiger partial charge in [0.25, 0.3) is 0 Å². The van der Waals surface area contributed by atoms with E-state index in [0.29, 0.717) is 11.5 Å². The van der Waals surface area contributed by atoms with E-state index in [2.05, 4.69) is 25.7 Å². The van der Waals surface area contributed by atoms with E-state index in [1.54, 1.807) is 0 Å². The molecule has 0 aromatic carbocycles. The zero-order valence-electron chi connectivity index (χ0n) is 11.6. The van der Waals surface area contributed by atoms with E-state index in [4.69, 9.17) is 4.74 Å². The first-order valence-corrected chi connectivity index (χ1v) is 6.88. The Morgan fingerprint density at radius 2 is 2.12 bits per heavy atom. The molecule has 0 radical (unpaired) electrons. The van der Waals surface area contributed by atoms with Gasteiger partial charge in [0.2, 0.25) is 0 Å². The Morgan fingerprint density at radius 1 is 1.38 bits per heavy atom. The monoisotopic (exact) mass is 227 g/mol. The summed E-state index contributed by atoms with van der Waals surface area (Å²) in [5, 5.41) is 0. The zero-order chi connectivity index (χ0) is 12.0. The lowest BCUT2D eigenvalue weighted by Crippen LogP contribution is -2.40. The fraction of sp³-hybridized carbons (Fsp3) is 1.00. The standard InChI is InChI=1S/C14H29NO/c1-5-9-14(3,6-2)12-15-10-7-8-13(15)11-16-4/h13H,5-12H2,1-4H3/t13-,14?/m1/s1. The second-order valence-corrected chi connectivity index (χ2v) is 5.64. The number of methoxy groups -OCH3 is 1. The van der Waals surface area contributed by atoms with Crippen LogP contribution in [0.1, 0.15) is 52.9 Å². The molecule has 1 aliphatic heterocycles. The van der Waals surface area contributed by atoms with Crippen molar-refractivity contribution in [1.82, 2.24) is 4.90 Å². The van der Waals surface area contributed by atoms with E-state index in [1.807, 2.05) is 7.11 Å². The number of ether oxygens (including phenoxy) is 1. The highest BCUT2D eigenvalue weighted by atomic mass is 16.5. The minimum absolute atomic E-state index is 0.505. The third kappa shape index (κ3) is 3.74. The van der Waals surface area contributed by atoms with Gasteiger partial charge in [0, 0.05) is 19.7 Å². The SMILES string of the molecule is CCCC(C)(CC)CN1CCC[C@@H]1COC. The van der Waals surface area contributed by atoms with Crippen molar-refractivity contribution in [3.63, 3.8) is 0 Å². The average Bonchev–Trinajstić information content (AvgIpc) is 2.67. The molecule has 0 N–H and O–H groups in total. The Balaban J connectivity index is 2.49. The van der Waals surface area contributed by atoms with Crippen LogP contribution in [-0.2, 0) is 4.74 Å². The van der Waals surface area contributed by atoms with E-state index in [9.17, 15) is 0 Å².